The lowest BCUT2D eigenvalue weighted by molar-refractivity contribution is -0.134. The Balaban J connectivity index is 2.86. The minimum absolute atomic E-state index is 0.213. The van der Waals surface area contributed by atoms with Crippen molar-refractivity contribution in [3.8, 4) is 0 Å². The predicted molar refractivity (Wildman–Crippen MR) is 52.3 cm³/mol. The lowest BCUT2D eigenvalue weighted by Crippen LogP contribution is -1.96. The Bertz CT molecular complexity index is 378. The molecule has 5 heteroatoms. The molecule has 0 saturated heterocycles. The van der Waals surface area contributed by atoms with E-state index in [4.69, 9.17) is 5.11 Å². The van der Waals surface area contributed by atoms with E-state index >= 15 is 0 Å². The normalized spacial score (nSPS) is 10.4. The van der Waals surface area contributed by atoms with Gasteiger partial charge in [0.25, 0.3) is 0 Å². The third kappa shape index (κ3) is 2.43. The maximum absolute atomic E-state index is 10.7. The van der Waals surface area contributed by atoms with Crippen LogP contribution in [0.25, 0.3) is 6.08 Å². The van der Waals surface area contributed by atoms with Gasteiger partial charge in [0.2, 0.25) is 0 Å². The van der Waals surface area contributed by atoms with Gasteiger partial charge in [-0.05, 0) is 17.5 Å². The van der Waals surface area contributed by atoms with E-state index in [1.54, 1.807) is 11.4 Å². The van der Waals surface area contributed by atoms with Crippen molar-refractivity contribution in [3.05, 3.63) is 28.0 Å². The van der Waals surface area contributed by atoms with Gasteiger partial charge in [0, 0.05) is 11.6 Å². The number of hydrogen-bond acceptors (Lipinski definition) is 4. The van der Waals surface area contributed by atoms with Gasteiger partial charge in [0.1, 0.15) is 4.88 Å². The number of thiophene rings is 1. The summed E-state index contributed by atoms with van der Waals surface area (Å²) in [6, 6.07) is 1.63. The van der Waals surface area contributed by atoms with Crippen LogP contribution in [0.15, 0.2) is 17.5 Å². The second-order valence-electron chi connectivity index (χ2n) is 2.37. The minimum atomic E-state index is -0.996. The number of hydrogen-bond donors (Lipinski definition) is 1. The topological polar surface area (TPSA) is 63.6 Å². The van der Waals surface area contributed by atoms with Crippen molar-refractivity contribution < 1.29 is 19.4 Å². The van der Waals surface area contributed by atoms with E-state index in [0.717, 1.165) is 11.3 Å². The summed E-state index contributed by atoms with van der Waals surface area (Å²) < 4.78 is 4.38. The van der Waals surface area contributed by atoms with E-state index in [1.807, 2.05) is 0 Å². The SMILES string of the molecule is COC(=O)C=Cc1ccsc1C(=O)O. The second-order valence-corrected chi connectivity index (χ2v) is 3.28. The maximum atomic E-state index is 10.7. The fourth-order valence-electron chi connectivity index (χ4n) is 0.850. The van der Waals surface area contributed by atoms with Crippen LogP contribution in [-0.2, 0) is 9.53 Å². The first-order chi connectivity index (χ1) is 6.65. The third-order valence-corrected chi connectivity index (χ3v) is 2.41. The number of carboxylic acid groups (broad SMARTS) is 1. The highest BCUT2D eigenvalue weighted by Crippen LogP contribution is 2.17. The van der Waals surface area contributed by atoms with Gasteiger partial charge >= 0.3 is 11.9 Å². The zero-order chi connectivity index (χ0) is 10.6. The highest BCUT2D eigenvalue weighted by atomic mass is 32.1. The fraction of sp³-hybridized carbons (Fsp3) is 0.111. The molecule has 0 unspecified atom stereocenters. The first-order valence-corrected chi connectivity index (χ1v) is 4.60. The van der Waals surface area contributed by atoms with Crippen LogP contribution in [0.3, 0.4) is 0 Å². The molecule has 0 amide bonds. The molecule has 0 saturated carbocycles. The van der Waals surface area contributed by atoms with Gasteiger partial charge in [0.05, 0.1) is 7.11 Å². The summed E-state index contributed by atoms with van der Waals surface area (Å²) >= 11 is 1.11. The third-order valence-electron chi connectivity index (χ3n) is 1.49. The largest absolute Gasteiger partial charge is 0.477 e. The second kappa shape index (κ2) is 4.57. The smallest absolute Gasteiger partial charge is 0.346 e. The van der Waals surface area contributed by atoms with Gasteiger partial charge in [-0.15, -0.1) is 11.3 Å². The molecule has 1 N–H and O–H groups in total. The molecule has 1 heterocycles. The Morgan fingerprint density at radius 3 is 2.86 bits per heavy atom. The Kier molecular flexibility index (Phi) is 3.41. The molecule has 1 aromatic rings. The summed E-state index contributed by atoms with van der Waals surface area (Å²) in [5, 5.41) is 10.4. The number of aromatic carboxylic acids is 1. The van der Waals surface area contributed by atoms with Crippen molar-refractivity contribution in [2.24, 2.45) is 0 Å². The number of esters is 1. The molecule has 0 fully saturated rings. The standard InChI is InChI=1S/C9H8O4S/c1-13-7(10)3-2-6-4-5-14-8(6)9(11)12/h2-5H,1H3,(H,11,12). The van der Waals surface area contributed by atoms with E-state index in [2.05, 4.69) is 4.74 Å². The van der Waals surface area contributed by atoms with Crippen molar-refractivity contribution in [1.29, 1.82) is 0 Å². The summed E-state index contributed by atoms with van der Waals surface area (Å²) in [5.41, 5.74) is 0.507. The number of methoxy groups -OCH3 is 1. The van der Waals surface area contributed by atoms with Crippen LogP contribution in [0.5, 0.6) is 0 Å². The van der Waals surface area contributed by atoms with Gasteiger partial charge < -0.3 is 9.84 Å². The molecular weight excluding hydrogens is 204 g/mol. The monoisotopic (exact) mass is 212 g/mol. The number of carboxylic acids is 1. The van der Waals surface area contributed by atoms with Crippen molar-refractivity contribution in [2.75, 3.05) is 7.11 Å². The van der Waals surface area contributed by atoms with Crippen LogP contribution in [0.2, 0.25) is 0 Å². The summed E-state index contributed by atoms with van der Waals surface area (Å²) in [5.74, 6) is -1.50. The van der Waals surface area contributed by atoms with Crippen LogP contribution in [-0.4, -0.2) is 24.2 Å². The fourth-order valence-corrected chi connectivity index (χ4v) is 1.57. The molecule has 1 rings (SSSR count). The Labute approximate surface area is 84.4 Å². The summed E-state index contributed by atoms with van der Waals surface area (Å²) in [4.78, 5) is 21.6. The van der Waals surface area contributed by atoms with Crippen LogP contribution in [0.4, 0.5) is 0 Å². The summed E-state index contributed by atoms with van der Waals surface area (Å²) in [6.07, 6.45) is 2.61. The quantitative estimate of drug-likeness (QED) is 0.611. The van der Waals surface area contributed by atoms with Crippen LogP contribution >= 0.6 is 11.3 Å². The number of carbonyl (C=O) groups is 2. The lowest BCUT2D eigenvalue weighted by Gasteiger charge is -1.91. The Morgan fingerprint density at radius 2 is 2.29 bits per heavy atom. The Morgan fingerprint density at radius 1 is 1.57 bits per heavy atom. The zero-order valence-corrected chi connectivity index (χ0v) is 8.21. The van der Waals surface area contributed by atoms with Crippen molar-refractivity contribution in [2.45, 2.75) is 0 Å². The molecule has 0 radical (unpaired) electrons. The molecule has 0 atom stereocenters. The Hall–Kier alpha value is -1.62. The van der Waals surface area contributed by atoms with Crippen molar-refractivity contribution in [1.82, 2.24) is 0 Å². The van der Waals surface area contributed by atoms with Gasteiger partial charge in [-0.25, -0.2) is 9.59 Å². The maximum Gasteiger partial charge on any atom is 0.346 e. The minimum Gasteiger partial charge on any atom is -0.477 e. The number of ether oxygens (including phenoxy) is 1. The summed E-state index contributed by atoms with van der Waals surface area (Å²) in [7, 11) is 1.26. The van der Waals surface area contributed by atoms with Crippen molar-refractivity contribution in [3.63, 3.8) is 0 Å². The van der Waals surface area contributed by atoms with E-state index in [-0.39, 0.29) is 4.88 Å². The zero-order valence-electron chi connectivity index (χ0n) is 7.39. The molecule has 14 heavy (non-hydrogen) atoms. The lowest BCUT2D eigenvalue weighted by atomic mass is 10.2. The predicted octanol–water partition coefficient (Wildman–Crippen LogP) is 1.63. The van der Waals surface area contributed by atoms with E-state index in [1.165, 1.54) is 19.3 Å². The molecule has 0 aliphatic heterocycles. The van der Waals surface area contributed by atoms with Gasteiger partial charge in [-0.3, -0.25) is 0 Å². The molecule has 0 spiro atoms. The average Bonchev–Trinajstić information content (AvgIpc) is 2.62. The highest BCUT2D eigenvalue weighted by molar-refractivity contribution is 7.12. The van der Waals surface area contributed by atoms with Gasteiger partial charge in [-0.1, -0.05) is 0 Å². The van der Waals surface area contributed by atoms with Gasteiger partial charge in [0.15, 0.2) is 0 Å². The number of carbonyl (C=O) groups excluding carboxylic acids is 1. The van der Waals surface area contributed by atoms with Crippen LogP contribution < -0.4 is 0 Å². The molecule has 0 bridgehead atoms. The first-order valence-electron chi connectivity index (χ1n) is 3.72. The van der Waals surface area contributed by atoms with Crippen LogP contribution in [0.1, 0.15) is 15.2 Å². The van der Waals surface area contributed by atoms with Crippen LogP contribution in [0, 0.1) is 0 Å². The molecule has 74 valence electrons. The number of rotatable bonds is 3. The van der Waals surface area contributed by atoms with E-state index in [9.17, 15) is 9.59 Å². The molecule has 4 nitrogen and oxygen atoms in total. The molecule has 0 aliphatic carbocycles. The summed E-state index contributed by atoms with van der Waals surface area (Å²) in [6.45, 7) is 0. The molecule has 0 aliphatic rings. The van der Waals surface area contributed by atoms with E-state index < -0.39 is 11.9 Å². The molecular formula is C9H8O4S. The van der Waals surface area contributed by atoms with E-state index in [0.29, 0.717) is 5.56 Å². The molecule has 0 aromatic carbocycles. The van der Waals surface area contributed by atoms with Crippen molar-refractivity contribution >= 4 is 29.4 Å². The first kappa shape index (κ1) is 10.5. The average molecular weight is 212 g/mol. The highest BCUT2D eigenvalue weighted by Gasteiger charge is 2.08. The van der Waals surface area contributed by atoms with Gasteiger partial charge in [-0.2, -0.15) is 0 Å². The molecule has 1 aromatic heterocycles.